The van der Waals surface area contributed by atoms with Gasteiger partial charge in [-0.3, -0.25) is 0 Å². The maximum Gasteiger partial charge on any atom is 1.00 e. The minimum atomic E-state index is 0. The molecule has 0 saturated carbocycles. The van der Waals surface area contributed by atoms with Crippen molar-refractivity contribution in [3.8, 4) is 0 Å². The predicted molar refractivity (Wildman–Crippen MR) is 31.5 cm³/mol. The summed E-state index contributed by atoms with van der Waals surface area (Å²) in [7, 11) is 0. The van der Waals surface area contributed by atoms with Crippen molar-refractivity contribution < 1.29 is 51.4 Å². The van der Waals surface area contributed by atoms with Gasteiger partial charge in [-0.15, -0.1) is 0 Å². The van der Waals surface area contributed by atoms with Crippen LogP contribution in [0.4, 0.5) is 0 Å². The second kappa shape index (κ2) is 3.91. The van der Waals surface area contributed by atoms with Crippen molar-refractivity contribution in [1.29, 1.82) is 0 Å². The Hall–Kier alpha value is 0.986. The summed E-state index contributed by atoms with van der Waals surface area (Å²) in [5, 5.41) is 0. The molecule has 38 valence electrons. The van der Waals surface area contributed by atoms with Gasteiger partial charge in [-0.2, -0.15) is 17.2 Å². The molecule has 0 radical (unpaired) electrons. The first-order valence-corrected chi connectivity index (χ1v) is 2.49. The zero-order valence-electron chi connectivity index (χ0n) is 5.73. The molecule has 0 amide bonds. The first kappa shape index (κ1) is 8.99. The van der Waals surface area contributed by atoms with E-state index in [9.17, 15) is 0 Å². The second-order valence-corrected chi connectivity index (χ2v) is 1.97. The minimum absolute atomic E-state index is 0. The number of aryl methyl sites for hydroxylation is 2. The Labute approximate surface area is 93.1 Å². The van der Waals surface area contributed by atoms with Crippen LogP contribution in [0, 0.1) is 13.8 Å². The van der Waals surface area contributed by atoms with Crippen molar-refractivity contribution in [3.05, 3.63) is 29.3 Å². The number of hydrogen-bond donors (Lipinski definition) is 0. The van der Waals surface area contributed by atoms with Gasteiger partial charge in [-0.25, -0.2) is 12.1 Å². The summed E-state index contributed by atoms with van der Waals surface area (Å²) >= 11 is 0. The van der Waals surface area contributed by atoms with Crippen LogP contribution in [-0.2, 0) is 0 Å². The van der Waals surface area contributed by atoms with Gasteiger partial charge in [-0.05, 0) is 0 Å². The molecular weight excluding hydrogens is 123 g/mol. The van der Waals surface area contributed by atoms with Crippen molar-refractivity contribution in [2.75, 3.05) is 0 Å². The first-order valence-electron chi connectivity index (χ1n) is 2.49. The van der Waals surface area contributed by atoms with Crippen molar-refractivity contribution in [1.82, 2.24) is 0 Å². The Balaban J connectivity index is 0.000000490. The van der Waals surface area contributed by atoms with E-state index in [4.69, 9.17) is 0 Å². The molecule has 0 aromatic heterocycles. The summed E-state index contributed by atoms with van der Waals surface area (Å²) in [5.41, 5.74) is 2.72. The first-order chi connectivity index (χ1) is 3.29. The van der Waals surface area contributed by atoms with Gasteiger partial charge in [0.05, 0.1) is 0 Å². The van der Waals surface area contributed by atoms with Crippen LogP contribution in [0.15, 0.2) is 18.2 Å². The Morgan fingerprint density at radius 1 is 1.12 bits per heavy atom. The molecule has 0 atom stereocenters. The molecular formula is C7H9K. The summed E-state index contributed by atoms with van der Waals surface area (Å²) in [5.74, 6) is 0. The van der Waals surface area contributed by atoms with Crippen LogP contribution in [0.25, 0.3) is 0 Å². The average Bonchev–Trinajstić information content (AvgIpc) is 1.87. The molecule has 1 aromatic rings. The van der Waals surface area contributed by atoms with E-state index >= 15 is 0 Å². The molecule has 0 heterocycles. The van der Waals surface area contributed by atoms with Crippen LogP contribution in [0.1, 0.15) is 11.1 Å². The molecule has 0 nitrogen and oxygen atoms in total. The standard InChI is InChI=1S/C7H9.K/c1-6-3-4-7(2)5-6;/h3-5H,1-2H3;/q-1;+1. The van der Waals surface area contributed by atoms with Crippen LogP contribution in [-0.4, -0.2) is 0 Å². The number of rotatable bonds is 0. The van der Waals surface area contributed by atoms with Gasteiger partial charge in [0.2, 0.25) is 0 Å². The van der Waals surface area contributed by atoms with Gasteiger partial charge >= 0.3 is 51.4 Å². The molecule has 0 fully saturated rings. The maximum atomic E-state index is 2.17. The molecule has 0 aliphatic carbocycles. The Kier molecular flexibility index (Phi) is 4.39. The fourth-order valence-electron chi connectivity index (χ4n) is 0.718. The summed E-state index contributed by atoms with van der Waals surface area (Å²) in [4.78, 5) is 0. The van der Waals surface area contributed by atoms with Crippen LogP contribution >= 0.6 is 0 Å². The van der Waals surface area contributed by atoms with E-state index in [1.807, 2.05) is 0 Å². The molecule has 0 unspecified atom stereocenters. The van der Waals surface area contributed by atoms with Crippen LogP contribution in [0.5, 0.6) is 0 Å². The van der Waals surface area contributed by atoms with E-state index in [1.165, 1.54) is 11.1 Å². The second-order valence-electron chi connectivity index (χ2n) is 1.97. The molecule has 8 heavy (non-hydrogen) atoms. The van der Waals surface area contributed by atoms with Gasteiger partial charge in [-0.1, -0.05) is 13.8 Å². The maximum absolute atomic E-state index is 2.17. The summed E-state index contributed by atoms with van der Waals surface area (Å²) < 4.78 is 0. The molecule has 1 heteroatoms. The molecule has 0 saturated heterocycles. The molecule has 1 aromatic carbocycles. The Bertz CT molecular complexity index is 137. The van der Waals surface area contributed by atoms with Gasteiger partial charge < -0.3 is 0 Å². The zero-order valence-corrected chi connectivity index (χ0v) is 8.86. The van der Waals surface area contributed by atoms with E-state index < -0.39 is 0 Å². The van der Waals surface area contributed by atoms with Crippen LogP contribution < -0.4 is 51.4 Å². The van der Waals surface area contributed by atoms with E-state index in [-0.39, 0.29) is 51.4 Å². The third-order valence-electron chi connectivity index (χ3n) is 1.06. The van der Waals surface area contributed by atoms with Gasteiger partial charge in [0.1, 0.15) is 0 Å². The van der Waals surface area contributed by atoms with Crippen molar-refractivity contribution in [2.24, 2.45) is 0 Å². The quantitative estimate of drug-likeness (QED) is 0.315. The summed E-state index contributed by atoms with van der Waals surface area (Å²) in [6.45, 7) is 4.21. The summed E-state index contributed by atoms with van der Waals surface area (Å²) in [6.07, 6.45) is 0. The Morgan fingerprint density at radius 2 is 1.50 bits per heavy atom. The molecule has 0 aliphatic rings. The van der Waals surface area contributed by atoms with Gasteiger partial charge in [0.25, 0.3) is 0 Å². The fourth-order valence-corrected chi connectivity index (χ4v) is 0.718. The van der Waals surface area contributed by atoms with E-state index in [0.717, 1.165) is 0 Å². The fraction of sp³-hybridized carbons (Fsp3) is 0.286. The van der Waals surface area contributed by atoms with Crippen molar-refractivity contribution >= 4 is 0 Å². The molecule has 1 rings (SSSR count). The third kappa shape index (κ3) is 2.51. The molecule has 0 bridgehead atoms. The monoisotopic (exact) mass is 132 g/mol. The number of hydrogen-bond acceptors (Lipinski definition) is 0. The zero-order chi connectivity index (χ0) is 5.28. The largest absolute Gasteiger partial charge is 1.00 e. The predicted octanol–water partition coefficient (Wildman–Crippen LogP) is -0.974. The van der Waals surface area contributed by atoms with Gasteiger partial charge in [0.15, 0.2) is 0 Å². The SMILES string of the molecule is Cc1ccc(C)[cH-]1.[K+]. The average molecular weight is 132 g/mol. The summed E-state index contributed by atoms with van der Waals surface area (Å²) in [6, 6.07) is 6.41. The smallest absolute Gasteiger partial charge is 0.211 e. The van der Waals surface area contributed by atoms with Crippen LogP contribution in [0.3, 0.4) is 0 Å². The molecule has 0 aliphatic heterocycles. The van der Waals surface area contributed by atoms with Crippen molar-refractivity contribution in [3.63, 3.8) is 0 Å². The normalized spacial score (nSPS) is 8.25. The van der Waals surface area contributed by atoms with Crippen LogP contribution in [0.2, 0.25) is 0 Å². The topological polar surface area (TPSA) is 0 Å². The third-order valence-corrected chi connectivity index (χ3v) is 1.06. The molecule has 0 spiro atoms. The van der Waals surface area contributed by atoms with E-state index in [1.54, 1.807) is 0 Å². The van der Waals surface area contributed by atoms with E-state index in [2.05, 4.69) is 32.0 Å². The minimum Gasteiger partial charge on any atom is -0.211 e. The van der Waals surface area contributed by atoms with Crippen molar-refractivity contribution in [2.45, 2.75) is 13.8 Å². The molecule has 0 N–H and O–H groups in total. The van der Waals surface area contributed by atoms with E-state index in [0.29, 0.717) is 0 Å². The Morgan fingerprint density at radius 3 is 1.62 bits per heavy atom. The van der Waals surface area contributed by atoms with Gasteiger partial charge in [0, 0.05) is 0 Å².